The standard InChI is InChI=1S/C26H34O5/c1-6-7-8-9-17-30-24-21-14-11-15-22(23(21)31-26(27)25(24)28-5)29-18-16-20(4)13-10-12-19(2)3/h7-8,11-12,14-16H,6,9-10,13,17-18H2,1-5H3. The maximum atomic E-state index is 12.5. The molecule has 2 aromatic rings. The maximum Gasteiger partial charge on any atom is 0.383 e. The first kappa shape index (κ1) is 24.3. The van der Waals surface area contributed by atoms with Crippen LogP contribution in [-0.2, 0) is 0 Å². The van der Waals surface area contributed by atoms with Crippen LogP contribution in [0.15, 0.2) is 62.9 Å². The van der Waals surface area contributed by atoms with Crippen LogP contribution in [0.3, 0.4) is 0 Å². The molecule has 0 saturated heterocycles. The number of benzene rings is 1. The molecule has 0 spiro atoms. The first-order valence-electron chi connectivity index (χ1n) is 10.8. The van der Waals surface area contributed by atoms with Gasteiger partial charge in [0.1, 0.15) is 6.61 Å². The average Bonchev–Trinajstić information content (AvgIpc) is 2.73. The van der Waals surface area contributed by atoms with Gasteiger partial charge < -0.3 is 18.6 Å². The van der Waals surface area contributed by atoms with Gasteiger partial charge in [-0.05, 0) is 64.7 Å². The van der Waals surface area contributed by atoms with Gasteiger partial charge in [0.05, 0.1) is 19.1 Å². The van der Waals surface area contributed by atoms with Gasteiger partial charge in [-0.3, -0.25) is 0 Å². The van der Waals surface area contributed by atoms with Crippen LogP contribution in [0.4, 0.5) is 0 Å². The number of fused-ring (bicyclic) bond motifs is 1. The molecule has 1 aromatic carbocycles. The lowest BCUT2D eigenvalue weighted by Gasteiger charge is -2.13. The third-order valence-electron chi connectivity index (χ3n) is 4.71. The molecule has 0 radical (unpaired) electrons. The first-order valence-corrected chi connectivity index (χ1v) is 10.8. The van der Waals surface area contributed by atoms with E-state index in [1.54, 1.807) is 6.07 Å². The van der Waals surface area contributed by atoms with E-state index in [9.17, 15) is 4.79 Å². The van der Waals surface area contributed by atoms with Gasteiger partial charge in [-0.1, -0.05) is 42.4 Å². The van der Waals surface area contributed by atoms with Crippen LogP contribution in [0.1, 0.15) is 53.4 Å². The van der Waals surface area contributed by atoms with Crippen molar-refractivity contribution in [1.82, 2.24) is 0 Å². The second kappa shape index (κ2) is 12.7. The van der Waals surface area contributed by atoms with Gasteiger partial charge in [0, 0.05) is 0 Å². The molecule has 31 heavy (non-hydrogen) atoms. The van der Waals surface area contributed by atoms with Crippen LogP contribution in [0.2, 0.25) is 0 Å². The normalized spacial score (nSPS) is 11.7. The zero-order chi connectivity index (χ0) is 22.6. The highest BCUT2D eigenvalue weighted by Crippen LogP contribution is 2.36. The lowest BCUT2D eigenvalue weighted by molar-refractivity contribution is 0.292. The summed E-state index contributed by atoms with van der Waals surface area (Å²) in [6.45, 7) is 9.21. The fraction of sp³-hybridized carbons (Fsp3) is 0.423. The van der Waals surface area contributed by atoms with Crippen LogP contribution in [-0.4, -0.2) is 20.3 Å². The van der Waals surface area contributed by atoms with Crippen LogP contribution in [0, 0.1) is 0 Å². The van der Waals surface area contributed by atoms with E-state index in [2.05, 4.69) is 52.0 Å². The summed E-state index contributed by atoms with van der Waals surface area (Å²) >= 11 is 0. The number of allylic oxidation sites excluding steroid dienone is 4. The summed E-state index contributed by atoms with van der Waals surface area (Å²) in [6.07, 6.45) is 12.1. The summed E-state index contributed by atoms with van der Waals surface area (Å²) in [7, 11) is 1.44. The van der Waals surface area contributed by atoms with Crippen LogP contribution in [0.5, 0.6) is 17.2 Å². The van der Waals surface area contributed by atoms with Crippen molar-refractivity contribution < 1.29 is 18.6 Å². The Balaban J connectivity index is 2.22. The van der Waals surface area contributed by atoms with Crippen molar-refractivity contribution >= 4 is 11.0 Å². The summed E-state index contributed by atoms with van der Waals surface area (Å²) in [4.78, 5) is 12.5. The Labute approximate surface area is 185 Å². The Morgan fingerprint density at radius 3 is 2.55 bits per heavy atom. The molecule has 5 heteroatoms. The smallest absolute Gasteiger partial charge is 0.383 e. The van der Waals surface area contributed by atoms with Gasteiger partial charge in [0.15, 0.2) is 17.1 Å². The topological polar surface area (TPSA) is 57.9 Å². The largest absolute Gasteiger partial charge is 0.488 e. The van der Waals surface area contributed by atoms with Gasteiger partial charge in [0.25, 0.3) is 0 Å². The molecule has 0 unspecified atom stereocenters. The fourth-order valence-electron chi connectivity index (χ4n) is 3.06. The van der Waals surface area contributed by atoms with Crippen molar-refractivity contribution in [1.29, 1.82) is 0 Å². The summed E-state index contributed by atoms with van der Waals surface area (Å²) < 4.78 is 22.6. The summed E-state index contributed by atoms with van der Waals surface area (Å²) in [5.41, 5.74) is 2.36. The molecule has 0 amide bonds. The Kier molecular flexibility index (Phi) is 9.95. The molecule has 0 fully saturated rings. The van der Waals surface area contributed by atoms with Crippen LogP contribution in [0.25, 0.3) is 11.0 Å². The van der Waals surface area contributed by atoms with E-state index in [1.807, 2.05) is 12.1 Å². The van der Waals surface area contributed by atoms with E-state index in [1.165, 1.54) is 18.3 Å². The molecule has 2 rings (SSSR count). The predicted molar refractivity (Wildman–Crippen MR) is 126 cm³/mol. The maximum absolute atomic E-state index is 12.5. The quantitative estimate of drug-likeness (QED) is 0.217. The molecule has 0 aliphatic carbocycles. The van der Waals surface area contributed by atoms with Crippen molar-refractivity contribution in [2.24, 2.45) is 0 Å². The second-order valence-corrected chi connectivity index (χ2v) is 7.58. The average molecular weight is 427 g/mol. The number of methoxy groups -OCH3 is 1. The minimum Gasteiger partial charge on any atom is -0.488 e. The van der Waals surface area contributed by atoms with E-state index in [4.69, 9.17) is 18.6 Å². The van der Waals surface area contributed by atoms with E-state index >= 15 is 0 Å². The highest BCUT2D eigenvalue weighted by atomic mass is 16.5. The minimum atomic E-state index is -0.585. The Bertz CT molecular complexity index is 991. The third kappa shape index (κ3) is 7.35. The van der Waals surface area contributed by atoms with Crippen LogP contribution >= 0.6 is 0 Å². The Morgan fingerprint density at radius 2 is 1.84 bits per heavy atom. The van der Waals surface area contributed by atoms with E-state index in [0.29, 0.717) is 35.7 Å². The number of ether oxygens (including phenoxy) is 3. The summed E-state index contributed by atoms with van der Waals surface area (Å²) in [6, 6.07) is 5.48. The predicted octanol–water partition coefficient (Wildman–Crippen LogP) is 6.61. The fourth-order valence-corrected chi connectivity index (χ4v) is 3.06. The summed E-state index contributed by atoms with van der Waals surface area (Å²) in [5.74, 6) is 0.956. The lowest BCUT2D eigenvalue weighted by atomic mass is 10.1. The van der Waals surface area contributed by atoms with Crippen molar-refractivity contribution in [3.63, 3.8) is 0 Å². The van der Waals surface area contributed by atoms with E-state index in [0.717, 1.165) is 25.7 Å². The van der Waals surface area contributed by atoms with Crippen molar-refractivity contribution in [2.75, 3.05) is 20.3 Å². The molecule has 0 aliphatic rings. The zero-order valence-electron chi connectivity index (χ0n) is 19.3. The molecule has 0 saturated carbocycles. The van der Waals surface area contributed by atoms with Crippen LogP contribution < -0.4 is 19.8 Å². The number of hydrogen-bond acceptors (Lipinski definition) is 5. The monoisotopic (exact) mass is 426 g/mol. The summed E-state index contributed by atoms with van der Waals surface area (Å²) in [5, 5.41) is 0.651. The molecule has 168 valence electrons. The Hall–Kier alpha value is -2.95. The van der Waals surface area contributed by atoms with Crippen molar-refractivity contribution in [2.45, 2.75) is 53.4 Å². The molecule has 0 aliphatic heterocycles. The van der Waals surface area contributed by atoms with Gasteiger partial charge in [-0.15, -0.1) is 0 Å². The van der Waals surface area contributed by atoms with Crippen molar-refractivity contribution in [3.8, 4) is 17.2 Å². The van der Waals surface area contributed by atoms with Crippen molar-refractivity contribution in [3.05, 3.63) is 64.1 Å². The highest BCUT2D eigenvalue weighted by molar-refractivity contribution is 5.89. The molecular weight excluding hydrogens is 392 g/mol. The molecule has 0 N–H and O–H groups in total. The highest BCUT2D eigenvalue weighted by Gasteiger charge is 2.19. The number of rotatable bonds is 12. The van der Waals surface area contributed by atoms with E-state index in [-0.39, 0.29) is 5.75 Å². The molecule has 0 bridgehead atoms. The molecule has 5 nitrogen and oxygen atoms in total. The molecular formula is C26H34O5. The first-order chi connectivity index (χ1) is 15.0. The SMILES string of the molecule is CCC=CCCOc1c(OC)c(=O)oc2c(OCC=C(C)CCC=C(C)C)cccc12. The second-order valence-electron chi connectivity index (χ2n) is 7.58. The number of para-hydroxylation sites is 1. The number of hydrogen-bond donors (Lipinski definition) is 0. The molecule has 1 heterocycles. The third-order valence-corrected chi connectivity index (χ3v) is 4.71. The zero-order valence-corrected chi connectivity index (χ0v) is 19.3. The lowest BCUT2D eigenvalue weighted by Crippen LogP contribution is -2.09. The van der Waals surface area contributed by atoms with Gasteiger partial charge >= 0.3 is 5.63 Å². The Morgan fingerprint density at radius 1 is 1.03 bits per heavy atom. The molecule has 0 atom stereocenters. The van der Waals surface area contributed by atoms with Gasteiger partial charge in [-0.2, -0.15) is 0 Å². The molecule has 1 aromatic heterocycles. The van der Waals surface area contributed by atoms with Gasteiger partial charge in [0.2, 0.25) is 5.75 Å². The minimum absolute atomic E-state index is 0.0686. The van der Waals surface area contributed by atoms with E-state index < -0.39 is 5.63 Å². The van der Waals surface area contributed by atoms with Gasteiger partial charge in [-0.25, -0.2) is 4.79 Å².